The smallest absolute Gasteiger partial charge is 0.274 e. The van der Waals surface area contributed by atoms with Crippen LogP contribution in [0.25, 0.3) is 21.8 Å². The van der Waals surface area contributed by atoms with Crippen LogP contribution in [0.15, 0.2) is 59.4 Å². The minimum atomic E-state index is -0.398. The second kappa shape index (κ2) is 12.6. The van der Waals surface area contributed by atoms with Crippen LogP contribution in [0.3, 0.4) is 0 Å². The fraction of sp³-hybridized carbons (Fsp3) is 0.375. The van der Waals surface area contributed by atoms with Gasteiger partial charge in [0.1, 0.15) is 5.39 Å². The molecule has 0 spiro atoms. The SMILES string of the molecule is COC(C)(C)C.COc1c(C(=O)N2CCN(C=O)CC2)n(C)c2c1c(=O)n(CC(=O)c1ccccc1)c1ccccc21. The van der Waals surface area contributed by atoms with Gasteiger partial charge in [0, 0.05) is 51.3 Å². The van der Waals surface area contributed by atoms with Gasteiger partial charge in [0.05, 0.1) is 30.3 Å². The topological polar surface area (TPSA) is 103 Å². The Morgan fingerprint density at radius 2 is 1.52 bits per heavy atom. The fourth-order valence-electron chi connectivity index (χ4n) is 4.96. The van der Waals surface area contributed by atoms with E-state index in [9.17, 15) is 19.2 Å². The first kappa shape index (κ1) is 30.5. The van der Waals surface area contributed by atoms with E-state index < -0.39 is 5.56 Å². The van der Waals surface area contributed by atoms with Gasteiger partial charge in [-0.05, 0) is 26.8 Å². The summed E-state index contributed by atoms with van der Waals surface area (Å²) in [4.78, 5) is 54.9. The van der Waals surface area contributed by atoms with Crippen LogP contribution in [-0.4, -0.2) is 83.0 Å². The first-order chi connectivity index (χ1) is 20.0. The maximum atomic E-state index is 13.9. The molecule has 2 aromatic heterocycles. The molecule has 2 amide bonds. The number of carbonyl (C=O) groups excluding carboxylic acids is 3. The number of carbonyl (C=O) groups is 3. The number of rotatable bonds is 6. The number of benzene rings is 2. The van der Waals surface area contributed by atoms with Gasteiger partial charge in [-0.1, -0.05) is 48.5 Å². The van der Waals surface area contributed by atoms with Crippen molar-refractivity contribution in [3.8, 4) is 5.75 Å². The van der Waals surface area contributed by atoms with E-state index in [1.807, 2.05) is 45.0 Å². The van der Waals surface area contributed by atoms with E-state index in [1.165, 1.54) is 11.7 Å². The number of hydrogen-bond donors (Lipinski definition) is 0. The average molecular weight is 575 g/mol. The molecule has 1 saturated heterocycles. The summed E-state index contributed by atoms with van der Waals surface area (Å²) in [6.45, 7) is 7.58. The normalized spacial score (nSPS) is 13.6. The Kier molecular flexibility index (Phi) is 9.16. The van der Waals surface area contributed by atoms with E-state index in [-0.39, 0.29) is 40.7 Å². The van der Waals surface area contributed by atoms with Crippen LogP contribution in [0.1, 0.15) is 41.6 Å². The summed E-state index contributed by atoms with van der Waals surface area (Å²) in [5, 5.41) is 0.994. The molecule has 0 saturated carbocycles. The van der Waals surface area contributed by atoms with Crippen molar-refractivity contribution in [2.45, 2.75) is 32.9 Å². The molecule has 42 heavy (non-hydrogen) atoms. The van der Waals surface area contributed by atoms with Crippen LogP contribution in [0.4, 0.5) is 0 Å². The minimum absolute atomic E-state index is 0.0417. The lowest BCUT2D eigenvalue weighted by atomic mass is 10.1. The zero-order valence-electron chi connectivity index (χ0n) is 25.0. The monoisotopic (exact) mass is 574 g/mol. The Morgan fingerprint density at radius 1 is 0.929 bits per heavy atom. The standard InChI is InChI=1S/C27H26N4O5.C5H12O/c1-28-23-19-10-6-7-11-20(19)31(16-21(33)18-8-4-3-5-9-18)26(34)22(23)25(36-2)24(28)27(35)30-14-12-29(17-32)13-15-30;1-5(2,3)6-4/h3-11,17H,12-16H2,1-2H3;1-4H3. The van der Waals surface area contributed by atoms with Gasteiger partial charge < -0.3 is 23.8 Å². The van der Waals surface area contributed by atoms with E-state index in [2.05, 4.69) is 0 Å². The highest BCUT2D eigenvalue weighted by atomic mass is 16.5. The summed E-state index contributed by atoms with van der Waals surface area (Å²) < 4.78 is 13.8. The molecule has 222 valence electrons. The Balaban J connectivity index is 0.000000612. The Labute approximate surface area is 245 Å². The highest BCUT2D eigenvalue weighted by Crippen LogP contribution is 2.35. The third kappa shape index (κ3) is 6.08. The molecule has 4 aromatic rings. The zero-order chi connectivity index (χ0) is 30.6. The second-order valence-corrected chi connectivity index (χ2v) is 11.1. The molecule has 10 heteroatoms. The minimum Gasteiger partial charge on any atom is -0.493 e. The van der Waals surface area contributed by atoms with Gasteiger partial charge in [0.25, 0.3) is 11.5 Å². The number of methoxy groups -OCH3 is 2. The number of fused-ring (bicyclic) bond motifs is 3. The Morgan fingerprint density at radius 3 is 2.10 bits per heavy atom. The van der Waals surface area contributed by atoms with Crippen molar-refractivity contribution in [3.05, 3.63) is 76.2 Å². The molecular weight excluding hydrogens is 536 g/mol. The summed E-state index contributed by atoms with van der Waals surface area (Å²) >= 11 is 0. The summed E-state index contributed by atoms with van der Waals surface area (Å²) in [7, 11) is 4.88. The first-order valence-corrected chi connectivity index (χ1v) is 13.8. The molecule has 0 radical (unpaired) electrons. The quantitative estimate of drug-likeness (QED) is 0.257. The summed E-state index contributed by atoms with van der Waals surface area (Å²) in [6, 6.07) is 16.2. The van der Waals surface area contributed by atoms with Gasteiger partial charge in [-0.2, -0.15) is 0 Å². The third-order valence-electron chi connectivity index (χ3n) is 7.43. The maximum absolute atomic E-state index is 13.9. The second-order valence-electron chi connectivity index (χ2n) is 11.1. The highest BCUT2D eigenvalue weighted by Gasteiger charge is 2.31. The van der Waals surface area contributed by atoms with E-state index in [0.29, 0.717) is 42.8 Å². The van der Waals surface area contributed by atoms with Gasteiger partial charge in [-0.25, -0.2) is 0 Å². The largest absolute Gasteiger partial charge is 0.493 e. The molecule has 1 fully saturated rings. The highest BCUT2D eigenvalue weighted by molar-refractivity contribution is 6.12. The molecule has 0 atom stereocenters. The molecule has 10 nitrogen and oxygen atoms in total. The number of para-hydroxylation sites is 1. The predicted octanol–water partition coefficient (Wildman–Crippen LogP) is 3.73. The number of amides is 2. The zero-order valence-corrected chi connectivity index (χ0v) is 25.0. The van der Waals surface area contributed by atoms with Crippen molar-refractivity contribution in [1.82, 2.24) is 18.9 Å². The molecule has 0 N–H and O–H groups in total. The van der Waals surface area contributed by atoms with Crippen LogP contribution in [0.5, 0.6) is 5.75 Å². The molecule has 0 bridgehead atoms. The van der Waals surface area contributed by atoms with Crippen molar-refractivity contribution in [1.29, 1.82) is 0 Å². The average Bonchev–Trinajstić information content (AvgIpc) is 3.31. The lowest BCUT2D eigenvalue weighted by Crippen LogP contribution is -2.48. The molecule has 0 aliphatic carbocycles. The van der Waals surface area contributed by atoms with E-state index in [1.54, 1.807) is 58.9 Å². The molecule has 3 heterocycles. The number of aromatic nitrogens is 2. The van der Waals surface area contributed by atoms with Crippen molar-refractivity contribution >= 4 is 39.9 Å². The van der Waals surface area contributed by atoms with Crippen LogP contribution in [-0.2, 0) is 23.1 Å². The lowest BCUT2D eigenvalue weighted by Gasteiger charge is -2.32. The number of pyridine rings is 1. The number of ketones is 1. The number of nitrogens with zero attached hydrogens (tertiary/aromatic N) is 4. The van der Waals surface area contributed by atoms with Crippen molar-refractivity contribution in [2.75, 3.05) is 40.4 Å². The van der Waals surface area contributed by atoms with Gasteiger partial charge in [0.2, 0.25) is 6.41 Å². The van der Waals surface area contributed by atoms with Gasteiger partial charge >= 0.3 is 0 Å². The summed E-state index contributed by atoms with van der Waals surface area (Å²) in [5.41, 5.74) is 1.59. The molecule has 0 unspecified atom stereocenters. The van der Waals surface area contributed by atoms with Crippen molar-refractivity contribution < 1.29 is 23.9 Å². The Hall–Kier alpha value is -4.44. The van der Waals surface area contributed by atoms with Crippen molar-refractivity contribution in [2.24, 2.45) is 7.05 Å². The van der Waals surface area contributed by atoms with Crippen LogP contribution >= 0.6 is 0 Å². The number of piperazine rings is 1. The van der Waals surface area contributed by atoms with E-state index in [0.717, 1.165) is 11.8 Å². The molecular formula is C32H38N4O6. The van der Waals surface area contributed by atoms with Gasteiger partial charge in [-0.15, -0.1) is 0 Å². The lowest BCUT2D eigenvalue weighted by molar-refractivity contribution is -0.119. The Bertz CT molecular complexity index is 1660. The number of hydrogen-bond acceptors (Lipinski definition) is 6. The summed E-state index contributed by atoms with van der Waals surface area (Å²) in [5.74, 6) is -0.278. The molecule has 2 aromatic carbocycles. The predicted molar refractivity (Wildman–Crippen MR) is 162 cm³/mol. The third-order valence-corrected chi connectivity index (χ3v) is 7.43. The van der Waals surface area contributed by atoms with E-state index >= 15 is 0 Å². The number of Topliss-reactive ketones (excluding diaryl/α,β-unsaturated/α-hetero) is 1. The van der Waals surface area contributed by atoms with Crippen LogP contribution in [0, 0.1) is 0 Å². The molecule has 5 rings (SSSR count). The van der Waals surface area contributed by atoms with Crippen LogP contribution < -0.4 is 10.3 Å². The number of aryl methyl sites for hydroxylation is 1. The van der Waals surface area contributed by atoms with E-state index in [4.69, 9.17) is 9.47 Å². The maximum Gasteiger partial charge on any atom is 0.274 e. The molecule has 1 aliphatic rings. The van der Waals surface area contributed by atoms with Crippen LogP contribution in [0.2, 0.25) is 0 Å². The first-order valence-electron chi connectivity index (χ1n) is 13.8. The van der Waals surface area contributed by atoms with Gasteiger partial charge in [0.15, 0.2) is 17.2 Å². The molecule has 1 aliphatic heterocycles. The number of ether oxygens (including phenoxy) is 2. The van der Waals surface area contributed by atoms with Crippen molar-refractivity contribution in [3.63, 3.8) is 0 Å². The van der Waals surface area contributed by atoms with Gasteiger partial charge in [-0.3, -0.25) is 23.7 Å². The fourth-order valence-corrected chi connectivity index (χ4v) is 4.96. The summed E-state index contributed by atoms with van der Waals surface area (Å²) in [6.07, 6.45) is 0.782.